The van der Waals surface area contributed by atoms with Crippen LogP contribution in [-0.2, 0) is 9.53 Å². The van der Waals surface area contributed by atoms with Gasteiger partial charge in [0.05, 0.1) is 17.4 Å². The van der Waals surface area contributed by atoms with Gasteiger partial charge in [0.15, 0.2) is 0 Å². The molecule has 1 amide bonds. The Labute approximate surface area is 151 Å². The van der Waals surface area contributed by atoms with Gasteiger partial charge in [0.2, 0.25) is 5.88 Å². The van der Waals surface area contributed by atoms with Gasteiger partial charge in [-0.25, -0.2) is 14.8 Å². The van der Waals surface area contributed by atoms with E-state index in [4.69, 9.17) is 14.6 Å². The molecule has 2 N–H and O–H groups in total. The standard InChI is InChI=1S/C18H23N3O5/c1-18(2,3)26-17(24)19-10-12(8-9-15(22)23)25-16-13-6-4-5-7-14(13)20-11-21-16/h4-7,11-12H,8-10H2,1-3H3,(H,19,24)(H,22,23)/t12-/m1/s1. The zero-order valence-corrected chi connectivity index (χ0v) is 15.1. The first kappa shape index (κ1) is 19.4. The number of alkyl carbamates (subject to hydrolysis) is 1. The van der Waals surface area contributed by atoms with Crippen LogP contribution in [0, 0.1) is 0 Å². The SMILES string of the molecule is CC(C)(C)OC(=O)NC[C@@H](CCC(=O)O)Oc1ncnc2ccccc12. The smallest absolute Gasteiger partial charge is 0.407 e. The van der Waals surface area contributed by atoms with Crippen LogP contribution < -0.4 is 10.1 Å². The molecule has 1 atom stereocenters. The summed E-state index contributed by atoms with van der Waals surface area (Å²) in [5.41, 5.74) is 0.0965. The van der Waals surface area contributed by atoms with Crippen LogP contribution in [0.5, 0.6) is 5.88 Å². The van der Waals surface area contributed by atoms with Crippen molar-refractivity contribution in [1.82, 2.24) is 15.3 Å². The predicted molar refractivity (Wildman–Crippen MR) is 95.1 cm³/mol. The molecule has 0 fully saturated rings. The lowest BCUT2D eigenvalue weighted by atomic mass is 10.2. The van der Waals surface area contributed by atoms with Crippen LogP contribution in [0.2, 0.25) is 0 Å². The molecule has 2 rings (SSSR count). The first-order chi connectivity index (χ1) is 12.2. The molecule has 0 spiro atoms. The molecule has 0 aliphatic carbocycles. The number of carbonyl (C=O) groups is 2. The third kappa shape index (κ3) is 6.19. The average Bonchev–Trinajstić information content (AvgIpc) is 2.56. The Hall–Kier alpha value is -2.90. The molecule has 1 aromatic carbocycles. The number of nitrogens with zero attached hydrogens (tertiary/aromatic N) is 2. The van der Waals surface area contributed by atoms with Crippen molar-refractivity contribution in [3.05, 3.63) is 30.6 Å². The first-order valence-corrected chi connectivity index (χ1v) is 8.29. The zero-order chi connectivity index (χ0) is 19.2. The predicted octanol–water partition coefficient (Wildman–Crippen LogP) is 2.77. The van der Waals surface area contributed by atoms with E-state index in [9.17, 15) is 9.59 Å². The van der Waals surface area contributed by atoms with Gasteiger partial charge in [-0.05, 0) is 39.3 Å². The number of fused-ring (bicyclic) bond motifs is 1. The Morgan fingerprint density at radius 3 is 2.65 bits per heavy atom. The molecule has 0 bridgehead atoms. The van der Waals surface area contributed by atoms with E-state index in [-0.39, 0.29) is 19.4 Å². The van der Waals surface area contributed by atoms with Gasteiger partial charge in [0.25, 0.3) is 0 Å². The van der Waals surface area contributed by atoms with Gasteiger partial charge in [-0.1, -0.05) is 12.1 Å². The molecule has 140 valence electrons. The topological polar surface area (TPSA) is 111 Å². The molecule has 8 nitrogen and oxygen atoms in total. The molecular formula is C18H23N3O5. The molecule has 0 saturated carbocycles. The second-order valence-electron chi connectivity index (χ2n) is 6.75. The Morgan fingerprint density at radius 2 is 1.96 bits per heavy atom. The molecule has 1 heterocycles. The number of nitrogens with one attached hydrogen (secondary N) is 1. The van der Waals surface area contributed by atoms with Gasteiger partial charge in [-0.2, -0.15) is 0 Å². The number of ether oxygens (including phenoxy) is 2. The van der Waals surface area contributed by atoms with Crippen molar-refractivity contribution >= 4 is 23.0 Å². The first-order valence-electron chi connectivity index (χ1n) is 8.29. The van der Waals surface area contributed by atoms with E-state index >= 15 is 0 Å². The third-order valence-electron chi connectivity index (χ3n) is 3.34. The summed E-state index contributed by atoms with van der Waals surface area (Å²) in [4.78, 5) is 31.0. The van der Waals surface area contributed by atoms with Gasteiger partial charge in [0.1, 0.15) is 18.0 Å². The maximum Gasteiger partial charge on any atom is 0.407 e. The van der Waals surface area contributed by atoms with Crippen molar-refractivity contribution in [2.45, 2.75) is 45.3 Å². The molecule has 0 aliphatic heterocycles. The van der Waals surface area contributed by atoms with E-state index in [0.717, 1.165) is 5.52 Å². The largest absolute Gasteiger partial charge is 0.481 e. The van der Waals surface area contributed by atoms with Crippen LogP contribution in [0.3, 0.4) is 0 Å². The van der Waals surface area contributed by atoms with Crippen molar-refractivity contribution in [2.75, 3.05) is 6.54 Å². The number of aliphatic carboxylic acids is 1. The van der Waals surface area contributed by atoms with Crippen molar-refractivity contribution in [2.24, 2.45) is 0 Å². The number of rotatable bonds is 7. The van der Waals surface area contributed by atoms with E-state index < -0.39 is 23.8 Å². The normalized spacial score (nSPS) is 12.4. The number of carboxylic acids is 1. The summed E-state index contributed by atoms with van der Waals surface area (Å²) >= 11 is 0. The van der Waals surface area contributed by atoms with Crippen LogP contribution in [-0.4, -0.2) is 45.4 Å². The molecule has 8 heteroatoms. The van der Waals surface area contributed by atoms with E-state index in [1.807, 2.05) is 24.3 Å². The maximum atomic E-state index is 11.8. The summed E-state index contributed by atoms with van der Waals surface area (Å²) in [5, 5.41) is 12.3. The van der Waals surface area contributed by atoms with E-state index in [2.05, 4.69) is 15.3 Å². The fourth-order valence-electron chi connectivity index (χ4n) is 2.23. The van der Waals surface area contributed by atoms with Gasteiger partial charge < -0.3 is 19.9 Å². The Balaban J connectivity index is 2.08. The number of amides is 1. The number of carbonyl (C=O) groups excluding carboxylic acids is 1. The minimum atomic E-state index is -0.941. The molecule has 0 radical (unpaired) electrons. The molecule has 1 aromatic heterocycles. The van der Waals surface area contributed by atoms with Crippen LogP contribution in [0.1, 0.15) is 33.6 Å². The third-order valence-corrected chi connectivity index (χ3v) is 3.34. The summed E-state index contributed by atoms with van der Waals surface area (Å²) in [6, 6.07) is 7.34. The summed E-state index contributed by atoms with van der Waals surface area (Å²) < 4.78 is 11.1. The summed E-state index contributed by atoms with van der Waals surface area (Å²) in [6.07, 6.45) is 0.339. The van der Waals surface area contributed by atoms with Crippen LogP contribution >= 0.6 is 0 Å². The summed E-state index contributed by atoms with van der Waals surface area (Å²) in [5.74, 6) is -0.597. The lowest BCUT2D eigenvalue weighted by Crippen LogP contribution is -2.39. The molecule has 2 aromatic rings. The lowest BCUT2D eigenvalue weighted by molar-refractivity contribution is -0.137. The van der Waals surface area contributed by atoms with E-state index in [1.54, 1.807) is 20.8 Å². The zero-order valence-electron chi connectivity index (χ0n) is 15.1. The summed E-state index contributed by atoms with van der Waals surface area (Å²) in [7, 11) is 0. The van der Waals surface area contributed by atoms with Crippen LogP contribution in [0.15, 0.2) is 30.6 Å². The highest BCUT2D eigenvalue weighted by Crippen LogP contribution is 2.22. The molecule has 0 aliphatic rings. The minimum Gasteiger partial charge on any atom is -0.481 e. The average molecular weight is 361 g/mol. The van der Waals surface area contributed by atoms with Crippen molar-refractivity contribution in [3.63, 3.8) is 0 Å². The minimum absolute atomic E-state index is 0.0936. The quantitative estimate of drug-likeness (QED) is 0.780. The molecule has 26 heavy (non-hydrogen) atoms. The molecule has 0 saturated heterocycles. The van der Waals surface area contributed by atoms with Crippen LogP contribution in [0.25, 0.3) is 10.9 Å². The van der Waals surface area contributed by atoms with E-state index in [1.165, 1.54) is 6.33 Å². The van der Waals surface area contributed by atoms with Crippen molar-refractivity contribution in [3.8, 4) is 5.88 Å². The Morgan fingerprint density at radius 1 is 1.23 bits per heavy atom. The Kier molecular flexibility index (Phi) is 6.32. The summed E-state index contributed by atoms with van der Waals surface area (Å²) in [6.45, 7) is 5.38. The van der Waals surface area contributed by atoms with Crippen molar-refractivity contribution in [1.29, 1.82) is 0 Å². The van der Waals surface area contributed by atoms with E-state index in [0.29, 0.717) is 11.3 Å². The van der Waals surface area contributed by atoms with Crippen LogP contribution in [0.4, 0.5) is 4.79 Å². The number of aromatic nitrogens is 2. The number of para-hydroxylation sites is 1. The van der Waals surface area contributed by atoms with Gasteiger partial charge in [-0.3, -0.25) is 4.79 Å². The maximum absolute atomic E-state index is 11.8. The van der Waals surface area contributed by atoms with Gasteiger partial charge in [-0.15, -0.1) is 0 Å². The highest BCUT2D eigenvalue weighted by atomic mass is 16.6. The number of benzene rings is 1. The highest BCUT2D eigenvalue weighted by Gasteiger charge is 2.20. The molecular weight excluding hydrogens is 338 g/mol. The monoisotopic (exact) mass is 361 g/mol. The number of carboxylic acid groups (broad SMARTS) is 1. The highest BCUT2D eigenvalue weighted by molar-refractivity contribution is 5.83. The van der Waals surface area contributed by atoms with Gasteiger partial charge in [0, 0.05) is 6.42 Å². The molecule has 0 unspecified atom stereocenters. The number of hydrogen-bond donors (Lipinski definition) is 2. The fourth-order valence-corrected chi connectivity index (χ4v) is 2.23. The van der Waals surface area contributed by atoms with Crippen molar-refractivity contribution < 1.29 is 24.2 Å². The van der Waals surface area contributed by atoms with Gasteiger partial charge >= 0.3 is 12.1 Å². The Bertz CT molecular complexity index is 768. The number of hydrogen-bond acceptors (Lipinski definition) is 6. The second-order valence-corrected chi connectivity index (χ2v) is 6.75. The fraction of sp³-hybridized carbons (Fsp3) is 0.444. The second kappa shape index (κ2) is 8.46. The lowest BCUT2D eigenvalue weighted by Gasteiger charge is -2.22.